The van der Waals surface area contributed by atoms with Crippen molar-refractivity contribution in [3.8, 4) is 11.4 Å². The summed E-state index contributed by atoms with van der Waals surface area (Å²) in [5.41, 5.74) is 0.321. The second kappa shape index (κ2) is 8.12. The number of rotatable bonds is 4. The van der Waals surface area contributed by atoms with E-state index < -0.39 is 23.7 Å². The number of hydrogen-bond donors (Lipinski definition) is 0. The highest BCUT2D eigenvalue weighted by atomic mass is 32.1. The van der Waals surface area contributed by atoms with Crippen molar-refractivity contribution >= 4 is 33.5 Å². The van der Waals surface area contributed by atoms with Gasteiger partial charge in [0.25, 0.3) is 0 Å². The predicted molar refractivity (Wildman–Crippen MR) is 111 cm³/mol. The Kier molecular flexibility index (Phi) is 5.47. The van der Waals surface area contributed by atoms with Crippen molar-refractivity contribution in [1.82, 2.24) is 9.78 Å². The number of halogens is 3. The van der Waals surface area contributed by atoms with Crippen LogP contribution < -0.4 is 4.74 Å². The molecule has 0 aliphatic heterocycles. The molecule has 0 unspecified atom stereocenters. The summed E-state index contributed by atoms with van der Waals surface area (Å²) in [5.74, 6) is -0.912. The zero-order valence-corrected chi connectivity index (χ0v) is 17.6. The molecule has 0 bridgehead atoms. The number of methoxy groups -OCH3 is 1. The van der Waals surface area contributed by atoms with E-state index in [2.05, 4.69) is 9.84 Å². The largest absolute Gasteiger partial charge is 0.465 e. The third kappa shape index (κ3) is 4.09. The molecule has 0 spiro atoms. The number of esters is 2. The van der Waals surface area contributed by atoms with Crippen LogP contribution in [0.5, 0.6) is 5.75 Å². The van der Waals surface area contributed by atoms with Gasteiger partial charge in [0.2, 0.25) is 0 Å². The molecule has 0 saturated heterocycles. The molecule has 6 nitrogen and oxygen atoms in total. The van der Waals surface area contributed by atoms with E-state index in [0.717, 1.165) is 23.5 Å². The summed E-state index contributed by atoms with van der Waals surface area (Å²) in [7, 11) is 1.26. The number of ether oxygens (including phenoxy) is 2. The van der Waals surface area contributed by atoms with E-state index in [0.29, 0.717) is 21.5 Å². The lowest BCUT2D eigenvalue weighted by atomic mass is 10.2. The van der Waals surface area contributed by atoms with E-state index >= 15 is 0 Å². The molecular formula is C22H15F3N2O4S. The topological polar surface area (TPSA) is 70.4 Å². The Balaban J connectivity index is 1.63. The standard InChI is InChI=1S/C22H15F3N2O4S/c1-12-17-11-18(21(29)31-16-8-6-13(7-9-16)20(28)30-2)32-19(17)27(26-12)15-5-3-4-14(10-15)22(23,24)25/h3-11H,1-2H3. The Bertz CT molecular complexity index is 1320. The molecule has 2 aromatic heterocycles. The molecule has 0 saturated carbocycles. The summed E-state index contributed by atoms with van der Waals surface area (Å²) in [6.45, 7) is 1.71. The SMILES string of the molecule is COC(=O)c1ccc(OC(=O)c2cc3c(C)nn(-c4cccc(C(F)(F)F)c4)c3s2)cc1. The molecule has 0 N–H and O–H groups in total. The van der Waals surface area contributed by atoms with Gasteiger partial charge in [0, 0.05) is 5.39 Å². The Morgan fingerprint density at radius 2 is 1.75 bits per heavy atom. The molecule has 0 fully saturated rings. The molecule has 0 radical (unpaired) electrons. The smallest absolute Gasteiger partial charge is 0.416 e. The molecule has 164 valence electrons. The molecule has 4 rings (SSSR count). The highest BCUT2D eigenvalue weighted by Crippen LogP contribution is 2.34. The van der Waals surface area contributed by atoms with E-state index in [1.54, 1.807) is 13.0 Å². The van der Waals surface area contributed by atoms with E-state index in [1.807, 2.05) is 0 Å². The number of fused-ring (bicyclic) bond motifs is 1. The first kappa shape index (κ1) is 21.6. The molecule has 0 aliphatic carbocycles. The van der Waals surface area contributed by atoms with Crippen molar-refractivity contribution in [3.05, 3.63) is 76.3 Å². The predicted octanol–water partition coefficient (Wildman–Crippen LogP) is 5.42. The van der Waals surface area contributed by atoms with Gasteiger partial charge >= 0.3 is 18.1 Å². The van der Waals surface area contributed by atoms with Gasteiger partial charge in [-0.2, -0.15) is 18.3 Å². The van der Waals surface area contributed by atoms with Crippen LogP contribution in [0.3, 0.4) is 0 Å². The number of aromatic nitrogens is 2. The fourth-order valence-corrected chi connectivity index (χ4v) is 4.13. The van der Waals surface area contributed by atoms with Gasteiger partial charge in [0.1, 0.15) is 15.5 Å². The second-order valence-electron chi connectivity index (χ2n) is 6.78. The van der Waals surface area contributed by atoms with Gasteiger partial charge in [0.15, 0.2) is 0 Å². The number of carbonyl (C=O) groups excluding carboxylic acids is 2. The van der Waals surface area contributed by atoms with Crippen LogP contribution in [0, 0.1) is 6.92 Å². The van der Waals surface area contributed by atoms with Crippen molar-refractivity contribution in [2.24, 2.45) is 0 Å². The van der Waals surface area contributed by atoms with Crippen LogP contribution in [0.1, 0.15) is 31.3 Å². The number of alkyl halides is 3. The Hall–Kier alpha value is -3.66. The average molecular weight is 460 g/mol. The minimum atomic E-state index is -4.48. The van der Waals surface area contributed by atoms with Gasteiger partial charge in [-0.1, -0.05) is 6.07 Å². The van der Waals surface area contributed by atoms with E-state index in [4.69, 9.17) is 4.74 Å². The second-order valence-corrected chi connectivity index (χ2v) is 7.81. The summed E-state index contributed by atoms with van der Waals surface area (Å²) in [6, 6.07) is 12.3. The van der Waals surface area contributed by atoms with Crippen molar-refractivity contribution in [1.29, 1.82) is 0 Å². The normalized spacial score (nSPS) is 11.5. The summed E-state index contributed by atoms with van der Waals surface area (Å²) in [4.78, 5) is 24.9. The number of hydrogen-bond acceptors (Lipinski definition) is 6. The minimum absolute atomic E-state index is 0.233. The maximum atomic E-state index is 13.1. The third-order valence-electron chi connectivity index (χ3n) is 4.65. The van der Waals surface area contributed by atoms with Gasteiger partial charge in [-0.3, -0.25) is 0 Å². The average Bonchev–Trinajstić information content (AvgIpc) is 3.34. The molecule has 0 atom stereocenters. The van der Waals surface area contributed by atoms with E-state index in [-0.39, 0.29) is 16.3 Å². The van der Waals surface area contributed by atoms with Gasteiger partial charge < -0.3 is 9.47 Å². The Morgan fingerprint density at radius 1 is 1.03 bits per heavy atom. The van der Waals surface area contributed by atoms with Crippen LogP contribution in [0.15, 0.2) is 54.6 Å². The van der Waals surface area contributed by atoms with E-state index in [1.165, 1.54) is 48.2 Å². The minimum Gasteiger partial charge on any atom is -0.465 e. The fraction of sp³-hybridized carbons (Fsp3) is 0.136. The molecule has 10 heteroatoms. The fourth-order valence-electron chi connectivity index (χ4n) is 3.07. The number of aryl methyl sites for hydroxylation is 1. The lowest BCUT2D eigenvalue weighted by molar-refractivity contribution is -0.137. The van der Waals surface area contributed by atoms with E-state index in [9.17, 15) is 22.8 Å². The molecule has 4 aromatic rings. The molecule has 32 heavy (non-hydrogen) atoms. The first-order chi connectivity index (χ1) is 15.2. The van der Waals surface area contributed by atoms with Crippen molar-refractivity contribution < 1.29 is 32.2 Å². The lowest BCUT2D eigenvalue weighted by Gasteiger charge is -2.09. The molecule has 2 aromatic carbocycles. The zero-order valence-electron chi connectivity index (χ0n) is 16.8. The van der Waals surface area contributed by atoms with Gasteiger partial charge in [-0.25, -0.2) is 14.3 Å². The van der Waals surface area contributed by atoms with Crippen LogP contribution >= 0.6 is 11.3 Å². The number of thiophene rings is 1. The zero-order chi connectivity index (χ0) is 23.0. The lowest BCUT2D eigenvalue weighted by Crippen LogP contribution is -2.07. The first-order valence-electron chi connectivity index (χ1n) is 9.24. The van der Waals surface area contributed by atoms with Crippen molar-refractivity contribution in [3.63, 3.8) is 0 Å². The maximum absolute atomic E-state index is 13.1. The highest BCUT2D eigenvalue weighted by Gasteiger charge is 2.31. The monoisotopic (exact) mass is 460 g/mol. The number of benzene rings is 2. The highest BCUT2D eigenvalue weighted by molar-refractivity contribution is 7.20. The maximum Gasteiger partial charge on any atom is 0.416 e. The molecular weight excluding hydrogens is 445 g/mol. The quantitative estimate of drug-likeness (QED) is 0.300. The van der Waals surface area contributed by atoms with Gasteiger partial charge in [-0.15, -0.1) is 11.3 Å². The summed E-state index contributed by atoms with van der Waals surface area (Å²) in [6.07, 6.45) is -4.48. The number of carbonyl (C=O) groups is 2. The van der Waals surface area contributed by atoms with Crippen molar-refractivity contribution in [2.45, 2.75) is 13.1 Å². The van der Waals surface area contributed by atoms with Crippen LogP contribution in [0.25, 0.3) is 15.9 Å². The summed E-state index contributed by atoms with van der Waals surface area (Å²) >= 11 is 1.06. The van der Waals surface area contributed by atoms with Gasteiger partial charge in [0.05, 0.1) is 29.6 Å². The summed E-state index contributed by atoms with van der Waals surface area (Å²) < 4.78 is 50.6. The van der Waals surface area contributed by atoms with Crippen LogP contribution in [0.2, 0.25) is 0 Å². The molecule has 0 aliphatic rings. The number of nitrogens with zero attached hydrogens (tertiary/aromatic N) is 2. The third-order valence-corrected chi connectivity index (χ3v) is 5.74. The van der Waals surface area contributed by atoms with Crippen LogP contribution in [0.4, 0.5) is 13.2 Å². The van der Waals surface area contributed by atoms with Crippen molar-refractivity contribution in [2.75, 3.05) is 7.11 Å². The Morgan fingerprint density at radius 3 is 2.41 bits per heavy atom. The molecule has 2 heterocycles. The summed E-state index contributed by atoms with van der Waals surface area (Å²) in [5, 5.41) is 4.96. The van der Waals surface area contributed by atoms with Crippen LogP contribution in [-0.4, -0.2) is 28.8 Å². The molecule has 0 amide bonds. The first-order valence-corrected chi connectivity index (χ1v) is 10.1. The Labute approximate surface area is 183 Å². The van der Waals surface area contributed by atoms with Gasteiger partial charge in [-0.05, 0) is 55.5 Å². The van der Waals surface area contributed by atoms with Crippen LogP contribution in [-0.2, 0) is 10.9 Å².